The third-order valence-electron chi connectivity index (χ3n) is 5.68. The van der Waals surface area contributed by atoms with Crippen molar-refractivity contribution in [1.82, 2.24) is 25.1 Å². The van der Waals surface area contributed by atoms with Crippen molar-refractivity contribution in [3.8, 4) is 0 Å². The number of aryl methyl sites for hydroxylation is 1. The van der Waals surface area contributed by atoms with E-state index in [9.17, 15) is 9.59 Å². The zero-order valence-corrected chi connectivity index (χ0v) is 17.5. The number of hydrogen-bond donors (Lipinski definition) is 2. The molecule has 0 spiro atoms. The third kappa shape index (κ3) is 4.64. The van der Waals surface area contributed by atoms with Gasteiger partial charge >= 0.3 is 0 Å². The molecule has 2 aromatic rings. The van der Waals surface area contributed by atoms with E-state index in [1.165, 1.54) is 11.1 Å². The molecule has 29 heavy (non-hydrogen) atoms. The van der Waals surface area contributed by atoms with Crippen molar-refractivity contribution in [2.24, 2.45) is 7.05 Å². The van der Waals surface area contributed by atoms with E-state index in [2.05, 4.69) is 44.8 Å². The molecule has 1 fully saturated rings. The Labute approximate surface area is 175 Å². The van der Waals surface area contributed by atoms with E-state index in [0.29, 0.717) is 13.1 Å². The molecule has 1 unspecified atom stereocenters. The number of benzene rings is 1. The lowest BCUT2D eigenvalue weighted by molar-refractivity contribution is -0.135. The number of carbonyl (C=O) groups is 2. The molecule has 1 aliphatic heterocycles. The van der Waals surface area contributed by atoms with Gasteiger partial charge in [0.2, 0.25) is 11.8 Å². The number of aromatic nitrogens is 2. The quantitative estimate of drug-likeness (QED) is 0.523. The molecule has 1 aromatic heterocycles. The van der Waals surface area contributed by atoms with E-state index in [4.69, 9.17) is 0 Å². The zero-order chi connectivity index (χ0) is 20.2. The number of hydrogen-bond acceptors (Lipinski definition) is 5. The standard InChI is InChI=1S/C21H27N5O2S/c1-25-9-6-24-21(25)29-11-8-22-19(27)14-18-20(28)23-7-10-26(18)17-12-15-4-2-3-5-16(15)13-17/h2-6,9,17-18H,7-8,10-14H2,1H3,(H,22,27)(H,23,28). The van der Waals surface area contributed by atoms with Gasteiger partial charge < -0.3 is 15.2 Å². The van der Waals surface area contributed by atoms with Crippen molar-refractivity contribution in [2.75, 3.05) is 25.4 Å². The maximum atomic E-state index is 12.5. The Morgan fingerprint density at radius 1 is 1.31 bits per heavy atom. The maximum Gasteiger partial charge on any atom is 0.237 e. The smallest absolute Gasteiger partial charge is 0.237 e. The van der Waals surface area contributed by atoms with Crippen molar-refractivity contribution in [1.29, 1.82) is 0 Å². The molecule has 0 saturated carbocycles. The number of imidazole rings is 1. The van der Waals surface area contributed by atoms with Gasteiger partial charge in [-0.2, -0.15) is 0 Å². The topological polar surface area (TPSA) is 79.3 Å². The number of piperazine rings is 1. The number of fused-ring (bicyclic) bond motifs is 1. The van der Waals surface area contributed by atoms with Gasteiger partial charge in [0.1, 0.15) is 0 Å². The van der Waals surface area contributed by atoms with Crippen LogP contribution in [0.1, 0.15) is 17.5 Å². The van der Waals surface area contributed by atoms with Crippen LogP contribution in [-0.4, -0.2) is 63.7 Å². The number of rotatable bonds is 7. The Hall–Kier alpha value is -2.32. The average Bonchev–Trinajstić information content (AvgIpc) is 3.32. The van der Waals surface area contributed by atoms with Crippen LogP contribution in [0.4, 0.5) is 0 Å². The normalized spacial score (nSPS) is 19.8. The minimum atomic E-state index is -0.398. The minimum absolute atomic E-state index is 0.0373. The van der Waals surface area contributed by atoms with Gasteiger partial charge in [-0.1, -0.05) is 36.0 Å². The molecule has 1 aliphatic carbocycles. The summed E-state index contributed by atoms with van der Waals surface area (Å²) in [6, 6.07) is 8.36. The highest BCUT2D eigenvalue weighted by Gasteiger charge is 2.37. The molecule has 8 heteroatoms. The summed E-state index contributed by atoms with van der Waals surface area (Å²) < 4.78 is 1.95. The first-order valence-electron chi connectivity index (χ1n) is 10.1. The van der Waals surface area contributed by atoms with Crippen LogP contribution >= 0.6 is 11.8 Å². The van der Waals surface area contributed by atoms with Gasteiger partial charge in [-0.25, -0.2) is 4.98 Å². The maximum absolute atomic E-state index is 12.5. The molecule has 7 nitrogen and oxygen atoms in total. The van der Waals surface area contributed by atoms with Crippen molar-refractivity contribution >= 4 is 23.6 Å². The van der Waals surface area contributed by atoms with Gasteiger partial charge in [0, 0.05) is 50.9 Å². The second kappa shape index (κ2) is 9.00. The lowest BCUT2D eigenvalue weighted by Crippen LogP contribution is -2.59. The first kappa shape index (κ1) is 20.0. The van der Waals surface area contributed by atoms with Crippen LogP contribution in [0.15, 0.2) is 41.8 Å². The predicted octanol–water partition coefficient (Wildman–Crippen LogP) is 0.986. The molecule has 1 aromatic carbocycles. The Morgan fingerprint density at radius 2 is 2.07 bits per heavy atom. The van der Waals surface area contributed by atoms with E-state index >= 15 is 0 Å². The van der Waals surface area contributed by atoms with Crippen molar-refractivity contribution in [3.63, 3.8) is 0 Å². The Bertz CT molecular complexity index is 858. The fraction of sp³-hybridized carbons (Fsp3) is 0.476. The number of nitrogens with zero attached hydrogens (tertiary/aromatic N) is 3. The molecule has 2 aliphatic rings. The van der Waals surface area contributed by atoms with E-state index in [-0.39, 0.29) is 24.3 Å². The van der Waals surface area contributed by atoms with E-state index in [1.54, 1.807) is 18.0 Å². The molecular formula is C21H27N5O2S. The van der Waals surface area contributed by atoms with Crippen LogP contribution in [0.3, 0.4) is 0 Å². The average molecular weight is 414 g/mol. The Morgan fingerprint density at radius 3 is 2.76 bits per heavy atom. The molecule has 2 amide bonds. The van der Waals surface area contributed by atoms with Crippen molar-refractivity contribution in [2.45, 2.75) is 36.5 Å². The van der Waals surface area contributed by atoms with Crippen molar-refractivity contribution < 1.29 is 9.59 Å². The Kier molecular flexibility index (Phi) is 6.20. The van der Waals surface area contributed by atoms with Gasteiger partial charge in [0.15, 0.2) is 5.16 Å². The highest BCUT2D eigenvalue weighted by atomic mass is 32.2. The second-order valence-corrected chi connectivity index (χ2v) is 8.66. The van der Waals surface area contributed by atoms with Gasteiger partial charge in [-0.15, -0.1) is 0 Å². The van der Waals surface area contributed by atoms with E-state index in [1.807, 2.05) is 17.8 Å². The number of thioether (sulfide) groups is 1. The molecule has 4 rings (SSSR count). The van der Waals surface area contributed by atoms with Crippen LogP contribution < -0.4 is 10.6 Å². The SMILES string of the molecule is Cn1ccnc1SCCNC(=O)CC1C(=O)NCCN1C1Cc2ccccc2C1. The van der Waals surface area contributed by atoms with E-state index < -0.39 is 6.04 Å². The first-order chi connectivity index (χ1) is 14.1. The monoisotopic (exact) mass is 413 g/mol. The van der Waals surface area contributed by atoms with Crippen molar-refractivity contribution in [3.05, 3.63) is 47.8 Å². The summed E-state index contributed by atoms with van der Waals surface area (Å²) in [7, 11) is 1.95. The highest BCUT2D eigenvalue weighted by molar-refractivity contribution is 7.99. The zero-order valence-electron chi connectivity index (χ0n) is 16.6. The first-order valence-corrected chi connectivity index (χ1v) is 11.1. The molecule has 0 bridgehead atoms. The molecular weight excluding hydrogens is 386 g/mol. The van der Waals surface area contributed by atoms with Crippen LogP contribution in [0.5, 0.6) is 0 Å². The molecule has 0 radical (unpaired) electrons. The summed E-state index contributed by atoms with van der Waals surface area (Å²) in [4.78, 5) is 31.6. The minimum Gasteiger partial charge on any atom is -0.355 e. The summed E-state index contributed by atoms with van der Waals surface area (Å²) in [6.07, 6.45) is 5.76. The lowest BCUT2D eigenvalue weighted by Gasteiger charge is -2.38. The third-order valence-corrected chi connectivity index (χ3v) is 6.74. The van der Waals surface area contributed by atoms with Gasteiger partial charge in [0.25, 0.3) is 0 Å². The van der Waals surface area contributed by atoms with Crippen LogP contribution in [0, 0.1) is 0 Å². The fourth-order valence-electron chi connectivity index (χ4n) is 4.22. The molecule has 154 valence electrons. The van der Waals surface area contributed by atoms with Crippen LogP contribution in [0.25, 0.3) is 0 Å². The summed E-state index contributed by atoms with van der Waals surface area (Å²) in [6.45, 7) is 1.99. The summed E-state index contributed by atoms with van der Waals surface area (Å²) in [5.41, 5.74) is 2.72. The molecule has 1 saturated heterocycles. The van der Waals surface area contributed by atoms with Crippen LogP contribution in [-0.2, 0) is 29.5 Å². The van der Waals surface area contributed by atoms with Gasteiger partial charge in [0.05, 0.1) is 12.5 Å². The highest BCUT2D eigenvalue weighted by Crippen LogP contribution is 2.28. The summed E-state index contributed by atoms with van der Waals surface area (Å²) in [5, 5.41) is 6.81. The number of nitrogens with one attached hydrogen (secondary N) is 2. The second-order valence-electron chi connectivity index (χ2n) is 7.60. The summed E-state index contributed by atoms with van der Waals surface area (Å²) in [5.74, 6) is 0.632. The largest absolute Gasteiger partial charge is 0.355 e. The lowest BCUT2D eigenvalue weighted by atomic mass is 10.0. The number of carbonyl (C=O) groups excluding carboxylic acids is 2. The summed E-state index contributed by atoms with van der Waals surface area (Å²) >= 11 is 1.60. The van der Waals surface area contributed by atoms with Gasteiger partial charge in [-0.05, 0) is 24.0 Å². The number of amides is 2. The Balaban J connectivity index is 1.30. The van der Waals surface area contributed by atoms with Crippen LogP contribution in [0.2, 0.25) is 0 Å². The fourth-order valence-corrected chi connectivity index (χ4v) is 5.01. The molecule has 1 atom stereocenters. The molecule has 2 heterocycles. The molecule has 2 N–H and O–H groups in total. The van der Waals surface area contributed by atoms with E-state index in [0.717, 1.165) is 30.3 Å². The van der Waals surface area contributed by atoms with Gasteiger partial charge in [-0.3, -0.25) is 14.5 Å². The predicted molar refractivity (Wildman–Crippen MR) is 113 cm³/mol.